The van der Waals surface area contributed by atoms with Gasteiger partial charge in [-0.05, 0) is 38.0 Å². The van der Waals surface area contributed by atoms with Crippen LogP contribution in [-0.4, -0.2) is 24.6 Å². The lowest BCUT2D eigenvalue weighted by Gasteiger charge is -2.14. The molecule has 0 spiro atoms. The highest BCUT2D eigenvalue weighted by atomic mass is 16.5. The number of rotatable bonds is 6. The Morgan fingerprint density at radius 2 is 2.05 bits per heavy atom. The van der Waals surface area contributed by atoms with E-state index in [1.54, 1.807) is 6.92 Å². The molecule has 1 aromatic rings. The Morgan fingerprint density at radius 1 is 1.42 bits per heavy atom. The van der Waals surface area contributed by atoms with Crippen LogP contribution in [0.5, 0.6) is 5.75 Å². The third-order valence-corrected chi connectivity index (χ3v) is 2.53. The number of benzene rings is 1. The van der Waals surface area contributed by atoms with Crippen LogP contribution in [0.15, 0.2) is 24.3 Å². The van der Waals surface area contributed by atoms with Gasteiger partial charge in [-0.1, -0.05) is 18.1 Å². The van der Waals surface area contributed by atoms with E-state index < -0.39 is 6.10 Å². The number of carbonyl (C=O) groups excluding carboxylic acids is 1. The van der Waals surface area contributed by atoms with E-state index in [-0.39, 0.29) is 18.5 Å². The van der Waals surface area contributed by atoms with Crippen LogP contribution < -0.4 is 15.8 Å². The molecule has 102 valence electrons. The zero-order valence-electron chi connectivity index (χ0n) is 11.3. The Bertz CT molecular complexity index is 446. The summed E-state index contributed by atoms with van der Waals surface area (Å²) in [6.07, 6.45) is 5.31. The maximum absolute atomic E-state index is 11.6. The van der Waals surface area contributed by atoms with Crippen LogP contribution >= 0.6 is 0 Å². The lowest BCUT2D eigenvalue weighted by molar-refractivity contribution is -0.126. The smallest absolute Gasteiger partial charge is 0.261 e. The molecule has 2 atom stereocenters. The molecule has 0 heterocycles. The summed E-state index contributed by atoms with van der Waals surface area (Å²) in [6, 6.07) is 7.70. The lowest BCUT2D eigenvalue weighted by atomic mass is 10.1. The van der Waals surface area contributed by atoms with Crippen LogP contribution in [0.2, 0.25) is 0 Å². The van der Waals surface area contributed by atoms with Crippen molar-refractivity contribution in [3.63, 3.8) is 0 Å². The summed E-state index contributed by atoms with van der Waals surface area (Å²) < 4.78 is 5.52. The quantitative estimate of drug-likeness (QED) is 0.753. The van der Waals surface area contributed by atoms with Gasteiger partial charge in [-0.3, -0.25) is 4.79 Å². The van der Waals surface area contributed by atoms with Crippen molar-refractivity contribution in [2.24, 2.45) is 5.73 Å². The highest BCUT2D eigenvalue weighted by Gasteiger charge is 2.13. The van der Waals surface area contributed by atoms with Gasteiger partial charge in [0.1, 0.15) is 5.75 Å². The van der Waals surface area contributed by atoms with Crippen LogP contribution in [0, 0.1) is 12.3 Å². The molecule has 1 aromatic carbocycles. The number of amides is 1. The number of terminal acetylenes is 1. The van der Waals surface area contributed by atoms with E-state index in [2.05, 4.69) is 11.2 Å². The Hall–Kier alpha value is -1.99. The van der Waals surface area contributed by atoms with Gasteiger partial charge in [0.2, 0.25) is 0 Å². The van der Waals surface area contributed by atoms with E-state index >= 15 is 0 Å². The number of ether oxygens (including phenoxy) is 1. The molecular weight excluding hydrogens is 240 g/mol. The topological polar surface area (TPSA) is 64.3 Å². The van der Waals surface area contributed by atoms with E-state index in [0.717, 1.165) is 12.0 Å². The Kier molecular flexibility index (Phi) is 5.91. The maximum atomic E-state index is 11.6. The van der Waals surface area contributed by atoms with Crippen LogP contribution in [0.25, 0.3) is 0 Å². The van der Waals surface area contributed by atoms with Crippen molar-refractivity contribution in [1.29, 1.82) is 0 Å². The van der Waals surface area contributed by atoms with Crippen LogP contribution in [-0.2, 0) is 11.2 Å². The lowest BCUT2D eigenvalue weighted by Crippen LogP contribution is -2.36. The molecule has 4 nitrogen and oxygen atoms in total. The van der Waals surface area contributed by atoms with Gasteiger partial charge < -0.3 is 15.8 Å². The molecule has 0 aromatic heterocycles. The molecule has 0 radical (unpaired) electrons. The van der Waals surface area contributed by atoms with Gasteiger partial charge in [-0.2, -0.15) is 0 Å². The zero-order chi connectivity index (χ0) is 14.3. The second-order valence-corrected chi connectivity index (χ2v) is 4.51. The first kappa shape index (κ1) is 15.1. The van der Waals surface area contributed by atoms with Crippen molar-refractivity contribution >= 4 is 5.91 Å². The SMILES string of the molecule is C#CCNC(=O)C(C)Oc1ccc(CC(C)N)cc1. The summed E-state index contributed by atoms with van der Waals surface area (Å²) in [7, 11) is 0. The van der Waals surface area contributed by atoms with Crippen LogP contribution in [0.4, 0.5) is 0 Å². The van der Waals surface area contributed by atoms with E-state index in [1.165, 1.54) is 0 Å². The first-order valence-corrected chi connectivity index (χ1v) is 6.25. The van der Waals surface area contributed by atoms with E-state index in [9.17, 15) is 4.79 Å². The second-order valence-electron chi connectivity index (χ2n) is 4.51. The molecular formula is C15H20N2O2. The van der Waals surface area contributed by atoms with Gasteiger partial charge in [0.15, 0.2) is 6.10 Å². The molecule has 1 rings (SSSR count). The minimum absolute atomic E-state index is 0.125. The molecule has 0 saturated carbocycles. The molecule has 3 N–H and O–H groups in total. The predicted octanol–water partition coefficient (Wildman–Crippen LogP) is 1.09. The van der Waals surface area contributed by atoms with E-state index in [4.69, 9.17) is 16.9 Å². The van der Waals surface area contributed by atoms with Crippen molar-refractivity contribution in [2.75, 3.05) is 6.54 Å². The van der Waals surface area contributed by atoms with Crippen molar-refractivity contribution in [3.8, 4) is 18.1 Å². The minimum Gasteiger partial charge on any atom is -0.481 e. The third kappa shape index (κ3) is 5.45. The molecule has 0 saturated heterocycles. The fraction of sp³-hybridized carbons (Fsp3) is 0.400. The van der Waals surface area contributed by atoms with Crippen molar-refractivity contribution in [1.82, 2.24) is 5.32 Å². The van der Waals surface area contributed by atoms with Gasteiger partial charge in [-0.25, -0.2) is 0 Å². The van der Waals surface area contributed by atoms with Gasteiger partial charge in [0.05, 0.1) is 6.54 Å². The summed E-state index contributed by atoms with van der Waals surface area (Å²) in [5.74, 6) is 2.77. The number of nitrogens with one attached hydrogen (secondary N) is 1. The third-order valence-electron chi connectivity index (χ3n) is 2.53. The van der Waals surface area contributed by atoms with Crippen molar-refractivity contribution in [2.45, 2.75) is 32.4 Å². The fourth-order valence-corrected chi connectivity index (χ4v) is 1.62. The fourth-order valence-electron chi connectivity index (χ4n) is 1.62. The summed E-state index contributed by atoms with van der Waals surface area (Å²) >= 11 is 0. The van der Waals surface area contributed by atoms with Crippen LogP contribution in [0.1, 0.15) is 19.4 Å². The number of carbonyl (C=O) groups is 1. The Balaban J connectivity index is 2.53. The summed E-state index contributed by atoms with van der Waals surface area (Å²) in [4.78, 5) is 11.6. The highest BCUT2D eigenvalue weighted by Crippen LogP contribution is 2.14. The Morgan fingerprint density at radius 3 is 2.58 bits per heavy atom. The number of nitrogens with two attached hydrogens (primary N) is 1. The van der Waals surface area contributed by atoms with Crippen molar-refractivity contribution in [3.05, 3.63) is 29.8 Å². The van der Waals surface area contributed by atoms with E-state index in [1.807, 2.05) is 31.2 Å². The molecule has 0 bridgehead atoms. The second kappa shape index (κ2) is 7.45. The molecule has 2 unspecified atom stereocenters. The molecule has 1 amide bonds. The highest BCUT2D eigenvalue weighted by molar-refractivity contribution is 5.80. The standard InChI is InChI=1S/C15H20N2O2/c1-4-9-17-15(18)12(3)19-14-7-5-13(6-8-14)10-11(2)16/h1,5-8,11-12H,9-10,16H2,2-3H3,(H,17,18). The Labute approximate surface area is 114 Å². The average Bonchev–Trinajstić information content (AvgIpc) is 2.37. The molecule has 0 aliphatic rings. The van der Waals surface area contributed by atoms with E-state index in [0.29, 0.717) is 5.75 Å². The number of hydrogen-bond acceptors (Lipinski definition) is 3. The molecule has 0 aliphatic carbocycles. The summed E-state index contributed by atoms with van der Waals surface area (Å²) in [6.45, 7) is 3.85. The number of hydrogen-bond donors (Lipinski definition) is 2. The maximum Gasteiger partial charge on any atom is 0.261 e. The molecule has 0 fully saturated rings. The van der Waals surface area contributed by atoms with Crippen LogP contribution in [0.3, 0.4) is 0 Å². The van der Waals surface area contributed by atoms with Crippen molar-refractivity contribution < 1.29 is 9.53 Å². The molecule has 19 heavy (non-hydrogen) atoms. The normalized spacial score (nSPS) is 13.2. The minimum atomic E-state index is -0.576. The van der Waals surface area contributed by atoms with Gasteiger partial charge in [0.25, 0.3) is 5.91 Å². The van der Waals surface area contributed by atoms with Gasteiger partial charge in [-0.15, -0.1) is 6.42 Å². The largest absolute Gasteiger partial charge is 0.481 e. The summed E-state index contributed by atoms with van der Waals surface area (Å²) in [5, 5.41) is 2.57. The van der Waals surface area contributed by atoms with Gasteiger partial charge in [0, 0.05) is 6.04 Å². The monoisotopic (exact) mass is 260 g/mol. The van der Waals surface area contributed by atoms with Gasteiger partial charge >= 0.3 is 0 Å². The predicted molar refractivity (Wildman–Crippen MR) is 75.7 cm³/mol. The first-order chi connectivity index (χ1) is 9.02. The molecule has 4 heteroatoms. The first-order valence-electron chi connectivity index (χ1n) is 6.25. The summed E-state index contributed by atoms with van der Waals surface area (Å²) in [5.41, 5.74) is 6.87. The molecule has 0 aliphatic heterocycles. The zero-order valence-corrected chi connectivity index (χ0v) is 11.3. The average molecular weight is 260 g/mol.